The summed E-state index contributed by atoms with van der Waals surface area (Å²) in [7, 11) is 0. The third kappa shape index (κ3) is 4.46. The van der Waals surface area contributed by atoms with Gasteiger partial charge >= 0.3 is 0 Å². The van der Waals surface area contributed by atoms with Crippen molar-refractivity contribution in [1.29, 1.82) is 0 Å². The number of benzene rings is 2. The molecule has 0 radical (unpaired) electrons. The minimum Gasteiger partial charge on any atom is -0.0599 e. The van der Waals surface area contributed by atoms with Crippen LogP contribution < -0.4 is 0 Å². The van der Waals surface area contributed by atoms with E-state index in [0.29, 0.717) is 5.41 Å². The molecule has 0 bridgehead atoms. The molecule has 0 aromatic heterocycles. The monoisotopic (exact) mass is 280 g/mol. The zero-order valence-corrected chi connectivity index (χ0v) is 14.3. The summed E-state index contributed by atoms with van der Waals surface area (Å²) in [5.41, 5.74) is 5.96. The van der Waals surface area contributed by atoms with Gasteiger partial charge in [0.25, 0.3) is 0 Å². The van der Waals surface area contributed by atoms with Crippen LogP contribution in [0.4, 0.5) is 0 Å². The largest absolute Gasteiger partial charge is 0.0599 e. The molecule has 0 atom stereocenters. The summed E-state index contributed by atoms with van der Waals surface area (Å²) in [5.74, 6) is 0. The minimum atomic E-state index is 0.217. The van der Waals surface area contributed by atoms with E-state index in [1.165, 1.54) is 22.3 Å². The van der Waals surface area contributed by atoms with E-state index in [9.17, 15) is 0 Å². The van der Waals surface area contributed by atoms with Crippen LogP contribution in [0, 0.1) is 5.41 Å². The van der Waals surface area contributed by atoms with Gasteiger partial charge in [-0.1, -0.05) is 90.1 Å². The van der Waals surface area contributed by atoms with Crippen molar-refractivity contribution in [3.8, 4) is 11.1 Å². The molecule has 0 spiro atoms. The molecular formula is C21H28. The second-order valence-corrected chi connectivity index (χ2v) is 8.26. The Hall–Kier alpha value is -1.56. The van der Waals surface area contributed by atoms with Gasteiger partial charge in [0.15, 0.2) is 0 Å². The van der Waals surface area contributed by atoms with E-state index >= 15 is 0 Å². The van der Waals surface area contributed by atoms with E-state index in [1.807, 2.05) is 0 Å². The highest BCUT2D eigenvalue weighted by atomic mass is 14.2. The van der Waals surface area contributed by atoms with Gasteiger partial charge < -0.3 is 0 Å². The molecule has 0 aliphatic heterocycles. The van der Waals surface area contributed by atoms with Crippen LogP contribution in [0.2, 0.25) is 0 Å². The highest BCUT2D eigenvalue weighted by Crippen LogP contribution is 2.27. The molecule has 0 unspecified atom stereocenters. The van der Waals surface area contributed by atoms with E-state index in [1.54, 1.807) is 0 Å². The molecule has 2 aromatic carbocycles. The van der Waals surface area contributed by atoms with Gasteiger partial charge in [-0.2, -0.15) is 0 Å². The van der Waals surface area contributed by atoms with Crippen molar-refractivity contribution < 1.29 is 0 Å². The summed E-state index contributed by atoms with van der Waals surface area (Å²) in [5, 5.41) is 0. The van der Waals surface area contributed by atoms with Gasteiger partial charge in [-0.25, -0.2) is 0 Å². The number of hydrogen-bond acceptors (Lipinski definition) is 0. The summed E-state index contributed by atoms with van der Waals surface area (Å²) in [6.07, 6.45) is 1.12. The fraction of sp³-hybridized carbons (Fsp3) is 0.429. The Morgan fingerprint density at radius 3 is 1.43 bits per heavy atom. The van der Waals surface area contributed by atoms with Gasteiger partial charge in [0.2, 0.25) is 0 Å². The SMILES string of the molecule is CC(C)(C)Cc1ccc(-c2ccc(C(C)(C)C)cc2)cc1. The lowest BCUT2D eigenvalue weighted by Gasteiger charge is -2.19. The Labute approximate surface area is 130 Å². The first kappa shape index (κ1) is 15.8. The molecule has 112 valence electrons. The average Bonchev–Trinajstić information content (AvgIpc) is 2.37. The van der Waals surface area contributed by atoms with Crippen LogP contribution in [0.15, 0.2) is 48.5 Å². The highest BCUT2D eigenvalue weighted by Gasteiger charge is 2.13. The van der Waals surface area contributed by atoms with Crippen LogP contribution in [0.25, 0.3) is 11.1 Å². The molecule has 0 N–H and O–H groups in total. The molecule has 0 saturated carbocycles. The molecule has 21 heavy (non-hydrogen) atoms. The Balaban J connectivity index is 2.19. The predicted molar refractivity (Wildman–Crippen MR) is 93.7 cm³/mol. The molecule has 0 nitrogen and oxygen atoms in total. The lowest BCUT2D eigenvalue weighted by Crippen LogP contribution is -2.10. The zero-order valence-electron chi connectivity index (χ0n) is 14.3. The Morgan fingerprint density at radius 2 is 1.05 bits per heavy atom. The molecule has 0 aliphatic carbocycles. The number of rotatable bonds is 2. The molecule has 0 heteroatoms. The molecule has 0 aliphatic rings. The van der Waals surface area contributed by atoms with Crippen molar-refractivity contribution in [3.05, 3.63) is 59.7 Å². The third-order valence-electron chi connectivity index (χ3n) is 3.77. The van der Waals surface area contributed by atoms with Crippen molar-refractivity contribution in [2.24, 2.45) is 5.41 Å². The lowest BCUT2D eigenvalue weighted by molar-refractivity contribution is 0.411. The summed E-state index contributed by atoms with van der Waals surface area (Å²) >= 11 is 0. The van der Waals surface area contributed by atoms with Crippen LogP contribution in [0.1, 0.15) is 52.7 Å². The molecular weight excluding hydrogens is 252 g/mol. The fourth-order valence-electron chi connectivity index (χ4n) is 2.59. The van der Waals surface area contributed by atoms with Crippen LogP contribution >= 0.6 is 0 Å². The van der Waals surface area contributed by atoms with Crippen LogP contribution in [0.3, 0.4) is 0 Å². The van der Waals surface area contributed by atoms with Crippen LogP contribution in [0.5, 0.6) is 0 Å². The average molecular weight is 280 g/mol. The zero-order chi connectivity index (χ0) is 15.7. The third-order valence-corrected chi connectivity index (χ3v) is 3.77. The van der Waals surface area contributed by atoms with Crippen molar-refractivity contribution in [3.63, 3.8) is 0 Å². The molecule has 0 amide bonds. The van der Waals surface area contributed by atoms with Gasteiger partial charge in [-0.15, -0.1) is 0 Å². The topological polar surface area (TPSA) is 0 Å². The summed E-state index contributed by atoms with van der Waals surface area (Å²) in [6.45, 7) is 13.6. The molecule has 0 fully saturated rings. The highest BCUT2D eigenvalue weighted by molar-refractivity contribution is 5.64. The summed E-state index contributed by atoms with van der Waals surface area (Å²) in [4.78, 5) is 0. The van der Waals surface area contributed by atoms with E-state index < -0.39 is 0 Å². The van der Waals surface area contributed by atoms with Gasteiger partial charge in [0, 0.05) is 0 Å². The van der Waals surface area contributed by atoms with Gasteiger partial charge in [-0.05, 0) is 39.5 Å². The van der Waals surface area contributed by atoms with E-state index in [2.05, 4.69) is 90.1 Å². The Morgan fingerprint density at radius 1 is 0.619 bits per heavy atom. The van der Waals surface area contributed by atoms with E-state index in [0.717, 1.165) is 6.42 Å². The minimum absolute atomic E-state index is 0.217. The Bertz CT molecular complexity index is 572. The van der Waals surface area contributed by atoms with E-state index in [-0.39, 0.29) is 5.41 Å². The summed E-state index contributed by atoms with van der Waals surface area (Å²) < 4.78 is 0. The van der Waals surface area contributed by atoms with Crippen molar-refractivity contribution >= 4 is 0 Å². The fourth-order valence-corrected chi connectivity index (χ4v) is 2.59. The second kappa shape index (κ2) is 5.67. The van der Waals surface area contributed by atoms with Crippen LogP contribution in [-0.4, -0.2) is 0 Å². The van der Waals surface area contributed by atoms with E-state index in [4.69, 9.17) is 0 Å². The van der Waals surface area contributed by atoms with Gasteiger partial charge in [0.05, 0.1) is 0 Å². The van der Waals surface area contributed by atoms with Crippen LogP contribution in [-0.2, 0) is 11.8 Å². The second-order valence-electron chi connectivity index (χ2n) is 8.26. The predicted octanol–water partition coefficient (Wildman–Crippen LogP) is 6.24. The number of hydrogen-bond donors (Lipinski definition) is 0. The first-order valence-electron chi connectivity index (χ1n) is 7.85. The van der Waals surface area contributed by atoms with Crippen molar-refractivity contribution in [2.75, 3.05) is 0 Å². The molecule has 2 aromatic rings. The first-order chi connectivity index (χ1) is 9.65. The standard InChI is InChI=1S/C21H28/c1-20(2,3)15-16-7-9-17(10-8-16)18-11-13-19(14-12-18)21(4,5)6/h7-14H,15H2,1-6H3. The maximum absolute atomic E-state index is 2.28. The summed E-state index contributed by atoms with van der Waals surface area (Å²) in [6, 6.07) is 18.0. The van der Waals surface area contributed by atoms with Crippen molar-refractivity contribution in [2.45, 2.75) is 53.4 Å². The molecule has 2 rings (SSSR count). The lowest BCUT2D eigenvalue weighted by atomic mass is 9.86. The Kier molecular flexibility index (Phi) is 4.27. The quantitative estimate of drug-likeness (QED) is 0.611. The molecule has 0 heterocycles. The smallest absolute Gasteiger partial charge is 0.0132 e. The molecule has 0 saturated heterocycles. The van der Waals surface area contributed by atoms with Gasteiger partial charge in [0.1, 0.15) is 0 Å². The van der Waals surface area contributed by atoms with Gasteiger partial charge in [-0.3, -0.25) is 0 Å². The van der Waals surface area contributed by atoms with Crippen molar-refractivity contribution in [1.82, 2.24) is 0 Å². The maximum atomic E-state index is 2.28. The normalized spacial score (nSPS) is 12.5. The first-order valence-corrected chi connectivity index (χ1v) is 7.85. The maximum Gasteiger partial charge on any atom is -0.0132 e.